The molecule has 5 heteroatoms. The highest BCUT2D eigenvalue weighted by atomic mass is 79.9. The van der Waals surface area contributed by atoms with Gasteiger partial charge in [-0.3, -0.25) is 4.79 Å². The molecule has 0 fully saturated rings. The van der Waals surface area contributed by atoms with Gasteiger partial charge in [0.05, 0.1) is 10.2 Å². The molecular weight excluding hydrogens is 288 g/mol. The highest BCUT2D eigenvalue weighted by Gasteiger charge is 2.06. The summed E-state index contributed by atoms with van der Waals surface area (Å²) in [5.41, 5.74) is 2.14. The standard InChI is InChI=1S/C11H11BrN2OS/c1-7-2-3-8-9(6-7)16-11(13-8)14-10(15)4-5-12/h2-3,6H,4-5H2,1H3,(H,13,14,15). The zero-order valence-electron chi connectivity index (χ0n) is 8.79. The molecule has 0 spiro atoms. The number of fused-ring (bicyclic) bond motifs is 1. The molecule has 0 saturated carbocycles. The third kappa shape index (κ3) is 2.59. The Morgan fingerprint density at radius 2 is 2.38 bits per heavy atom. The summed E-state index contributed by atoms with van der Waals surface area (Å²) in [5.74, 6) is -0.00680. The van der Waals surface area contributed by atoms with E-state index in [1.54, 1.807) is 0 Å². The smallest absolute Gasteiger partial charge is 0.226 e. The molecule has 1 aromatic heterocycles. The first-order valence-corrected chi connectivity index (χ1v) is 6.86. The monoisotopic (exact) mass is 298 g/mol. The molecule has 0 aliphatic carbocycles. The van der Waals surface area contributed by atoms with Crippen molar-refractivity contribution in [1.29, 1.82) is 0 Å². The van der Waals surface area contributed by atoms with E-state index in [4.69, 9.17) is 0 Å². The van der Waals surface area contributed by atoms with Crippen LogP contribution in [0.25, 0.3) is 10.2 Å². The molecule has 1 heterocycles. The van der Waals surface area contributed by atoms with Gasteiger partial charge in [0.15, 0.2) is 5.13 Å². The maximum atomic E-state index is 11.4. The molecule has 0 atom stereocenters. The van der Waals surface area contributed by atoms with E-state index in [-0.39, 0.29) is 5.91 Å². The number of amides is 1. The summed E-state index contributed by atoms with van der Waals surface area (Å²) in [6.07, 6.45) is 0.467. The van der Waals surface area contributed by atoms with E-state index in [1.165, 1.54) is 16.9 Å². The van der Waals surface area contributed by atoms with E-state index in [9.17, 15) is 4.79 Å². The predicted molar refractivity (Wildman–Crippen MR) is 71.4 cm³/mol. The highest BCUT2D eigenvalue weighted by Crippen LogP contribution is 2.26. The number of carbonyl (C=O) groups excluding carboxylic acids is 1. The van der Waals surface area contributed by atoms with Crippen LogP contribution >= 0.6 is 27.3 Å². The molecule has 0 aliphatic heterocycles. The molecule has 0 bridgehead atoms. The molecule has 2 aromatic rings. The summed E-state index contributed by atoms with van der Waals surface area (Å²) in [6, 6.07) is 6.07. The fraction of sp³-hybridized carbons (Fsp3) is 0.273. The van der Waals surface area contributed by atoms with Gasteiger partial charge in [-0.05, 0) is 24.6 Å². The molecule has 0 aliphatic rings. The van der Waals surface area contributed by atoms with Crippen molar-refractivity contribution in [3.63, 3.8) is 0 Å². The maximum absolute atomic E-state index is 11.4. The summed E-state index contributed by atoms with van der Waals surface area (Å²) < 4.78 is 1.11. The van der Waals surface area contributed by atoms with Crippen LogP contribution in [0.3, 0.4) is 0 Å². The highest BCUT2D eigenvalue weighted by molar-refractivity contribution is 9.09. The lowest BCUT2D eigenvalue weighted by Crippen LogP contribution is -2.11. The van der Waals surface area contributed by atoms with Crippen LogP contribution in [-0.2, 0) is 4.79 Å². The largest absolute Gasteiger partial charge is 0.302 e. The number of benzene rings is 1. The number of carbonyl (C=O) groups is 1. The number of thiazole rings is 1. The second-order valence-electron chi connectivity index (χ2n) is 3.48. The molecular formula is C11H11BrN2OS. The van der Waals surface area contributed by atoms with Crippen molar-refractivity contribution in [2.24, 2.45) is 0 Å². The maximum Gasteiger partial charge on any atom is 0.226 e. The Bertz CT molecular complexity index is 524. The van der Waals surface area contributed by atoms with Crippen molar-refractivity contribution in [2.45, 2.75) is 13.3 Å². The number of nitrogens with zero attached hydrogens (tertiary/aromatic N) is 1. The van der Waals surface area contributed by atoms with Crippen molar-refractivity contribution in [2.75, 3.05) is 10.6 Å². The van der Waals surface area contributed by atoms with Crippen LogP contribution < -0.4 is 5.32 Å². The van der Waals surface area contributed by atoms with E-state index in [2.05, 4.69) is 32.3 Å². The van der Waals surface area contributed by atoms with E-state index >= 15 is 0 Å². The summed E-state index contributed by atoms with van der Waals surface area (Å²) >= 11 is 4.74. The Hall–Kier alpha value is -0.940. The minimum atomic E-state index is -0.00680. The second-order valence-corrected chi connectivity index (χ2v) is 5.30. The van der Waals surface area contributed by atoms with E-state index in [0.717, 1.165) is 10.2 Å². The van der Waals surface area contributed by atoms with Crippen molar-refractivity contribution in [3.05, 3.63) is 23.8 Å². The lowest BCUT2D eigenvalue weighted by Gasteiger charge is -1.96. The quantitative estimate of drug-likeness (QED) is 0.883. The van der Waals surface area contributed by atoms with Crippen LogP contribution in [0.15, 0.2) is 18.2 Å². The minimum absolute atomic E-state index is 0.00680. The Morgan fingerprint density at radius 1 is 1.56 bits per heavy atom. The molecule has 0 unspecified atom stereocenters. The molecule has 16 heavy (non-hydrogen) atoms. The normalized spacial score (nSPS) is 10.6. The lowest BCUT2D eigenvalue weighted by atomic mass is 10.2. The molecule has 2 rings (SSSR count). The van der Waals surface area contributed by atoms with Gasteiger partial charge in [0.2, 0.25) is 5.91 Å². The summed E-state index contributed by atoms with van der Waals surface area (Å²) in [4.78, 5) is 15.7. The summed E-state index contributed by atoms with van der Waals surface area (Å²) in [5, 5.41) is 4.13. The molecule has 1 N–H and O–H groups in total. The fourth-order valence-electron chi connectivity index (χ4n) is 1.35. The number of halogens is 1. The van der Waals surface area contributed by atoms with Crippen LogP contribution in [0.4, 0.5) is 5.13 Å². The van der Waals surface area contributed by atoms with E-state index < -0.39 is 0 Å². The summed E-state index contributed by atoms with van der Waals surface area (Å²) in [7, 11) is 0. The van der Waals surface area contributed by atoms with Crippen LogP contribution in [0, 0.1) is 6.92 Å². The van der Waals surface area contributed by atoms with Gasteiger partial charge in [-0.2, -0.15) is 0 Å². The number of aromatic nitrogens is 1. The number of hydrogen-bond acceptors (Lipinski definition) is 3. The Labute approximate surface area is 106 Å². The first kappa shape index (κ1) is 11.5. The number of alkyl halides is 1. The van der Waals surface area contributed by atoms with Crippen molar-refractivity contribution < 1.29 is 4.79 Å². The number of hydrogen-bond donors (Lipinski definition) is 1. The van der Waals surface area contributed by atoms with Crippen molar-refractivity contribution >= 4 is 48.5 Å². The first-order chi connectivity index (χ1) is 7.69. The topological polar surface area (TPSA) is 42.0 Å². The van der Waals surface area contributed by atoms with Gasteiger partial charge in [-0.1, -0.05) is 33.3 Å². The van der Waals surface area contributed by atoms with Gasteiger partial charge in [-0.25, -0.2) is 4.98 Å². The number of nitrogens with one attached hydrogen (secondary N) is 1. The average molecular weight is 299 g/mol. The molecule has 0 saturated heterocycles. The SMILES string of the molecule is Cc1ccc2nc(NC(=O)CCBr)sc2c1. The first-order valence-electron chi connectivity index (χ1n) is 4.92. The molecule has 3 nitrogen and oxygen atoms in total. The van der Waals surface area contributed by atoms with Gasteiger partial charge >= 0.3 is 0 Å². The van der Waals surface area contributed by atoms with Gasteiger partial charge in [-0.15, -0.1) is 0 Å². The van der Waals surface area contributed by atoms with E-state index in [1.807, 2.05) is 19.1 Å². The Morgan fingerprint density at radius 3 is 3.12 bits per heavy atom. The predicted octanol–water partition coefficient (Wildman–Crippen LogP) is 3.33. The van der Waals surface area contributed by atoms with Gasteiger partial charge < -0.3 is 5.32 Å². The van der Waals surface area contributed by atoms with Gasteiger partial charge in [0.1, 0.15) is 0 Å². The van der Waals surface area contributed by atoms with Crippen LogP contribution in [-0.4, -0.2) is 16.2 Å². The van der Waals surface area contributed by atoms with Crippen molar-refractivity contribution in [1.82, 2.24) is 4.98 Å². The third-order valence-corrected chi connectivity index (χ3v) is 3.44. The third-order valence-electron chi connectivity index (χ3n) is 2.11. The fourth-order valence-corrected chi connectivity index (χ4v) is 2.69. The van der Waals surface area contributed by atoms with E-state index in [0.29, 0.717) is 16.9 Å². The zero-order valence-corrected chi connectivity index (χ0v) is 11.2. The number of anilines is 1. The molecule has 0 radical (unpaired) electrons. The van der Waals surface area contributed by atoms with Crippen LogP contribution in [0.2, 0.25) is 0 Å². The van der Waals surface area contributed by atoms with Gasteiger partial charge in [0.25, 0.3) is 0 Å². The lowest BCUT2D eigenvalue weighted by molar-refractivity contribution is -0.115. The van der Waals surface area contributed by atoms with Crippen LogP contribution in [0.5, 0.6) is 0 Å². The molecule has 1 amide bonds. The zero-order chi connectivity index (χ0) is 11.5. The van der Waals surface area contributed by atoms with Crippen LogP contribution in [0.1, 0.15) is 12.0 Å². The second kappa shape index (κ2) is 4.93. The summed E-state index contributed by atoms with van der Waals surface area (Å²) in [6.45, 7) is 2.04. The molecule has 1 aromatic carbocycles. The average Bonchev–Trinajstić information content (AvgIpc) is 2.59. The molecule has 84 valence electrons. The number of rotatable bonds is 3. The van der Waals surface area contributed by atoms with Gasteiger partial charge in [0, 0.05) is 11.8 Å². The minimum Gasteiger partial charge on any atom is -0.302 e. The Balaban J connectivity index is 2.23. The Kier molecular flexibility index (Phi) is 3.56. The van der Waals surface area contributed by atoms with Crippen molar-refractivity contribution in [3.8, 4) is 0 Å². The number of aryl methyl sites for hydroxylation is 1.